The van der Waals surface area contributed by atoms with Crippen molar-refractivity contribution in [3.05, 3.63) is 70.2 Å². The molecule has 1 heterocycles. The lowest BCUT2D eigenvalue weighted by Gasteiger charge is -2.20. The normalized spacial score (nSPS) is 13.3. The van der Waals surface area contributed by atoms with Crippen LogP contribution in [0.1, 0.15) is 28.4 Å². The van der Waals surface area contributed by atoms with Gasteiger partial charge in [-0.1, -0.05) is 42.8 Å². The average Bonchev–Trinajstić information content (AvgIpc) is 2.87. The van der Waals surface area contributed by atoms with Gasteiger partial charge in [0, 0.05) is 18.6 Å². The highest BCUT2D eigenvalue weighted by molar-refractivity contribution is 6.32. The van der Waals surface area contributed by atoms with Gasteiger partial charge in [0.1, 0.15) is 31.3 Å². The monoisotopic (exact) mass is 482 g/mol. The van der Waals surface area contributed by atoms with Crippen LogP contribution < -0.4 is 18.9 Å². The molecule has 3 aromatic rings. The lowest BCUT2D eigenvalue weighted by molar-refractivity contribution is 0.111. The number of hydrogen-bond acceptors (Lipinski definition) is 6. The molecule has 0 bridgehead atoms. The predicted octanol–water partition coefficient (Wildman–Crippen LogP) is 5.49. The van der Waals surface area contributed by atoms with Crippen molar-refractivity contribution in [2.45, 2.75) is 20.5 Å². The van der Waals surface area contributed by atoms with Gasteiger partial charge in [-0.25, -0.2) is 0 Å². The molecular weight excluding hydrogens is 456 g/mol. The van der Waals surface area contributed by atoms with Crippen molar-refractivity contribution in [1.29, 1.82) is 0 Å². The minimum absolute atomic E-state index is 0.00758. The van der Waals surface area contributed by atoms with Crippen LogP contribution in [0.5, 0.6) is 23.0 Å². The summed E-state index contributed by atoms with van der Waals surface area (Å²) in [5, 5.41) is 9.55. The number of aliphatic hydroxyl groups is 1. The Morgan fingerprint density at radius 3 is 2.62 bits per heavy atom. The molecule has 0 aliphatic carbocycles. The number of aliphatic hydroxyl groups excluding tert-OH is 1. The van der Waals surface area contributed by atoms with Gasteiger partial charge in [-0.3, -0.25) is 4.79 Å². The van der Waals surface area contributed by atoms with E-state index in [9.17, 15) is 9.90 Å². The van der Waals surface area contributed by atoms with Crippen molar-refractivity contribution < 1.29 is 28.8 Å². The second-order valence-corrected chi connectivity index (χ2v) is 8.68. The van der Waals surface area contributed by atoms with Crippen LogP contribution >= 0.6 is 11.6 Å². The van der Waals surface area contributed by atoms with Gasteiger partial charge in [-0.2, -0.15) is 0 Å². The summed E-state index contributed by atoms with van der Waals surface area (Å²) in [5.41, 5.74) is 4.51. The van der Waals surface area contributed by atoms with Crippen LogP contribution in [0, 0.1) is 12.8 Å². The minimum atomic E-state index is -0.0644. The molecule has 7 heteroatoms. The molecule has 0 spiro atoms. The number of fused-ring (bicyclic) bond motifs is 1. The van der Waals surface area contributed by atoms with E-state index in [4.69, 9.17) is 30.5 Å². The standard InChI is InChI=1S/C27H27ClO6/c1-17(13-29)15-33-25-12-26(23(28)10-21(25)14-30)34-16-20-4-3-5-22(18(20)2)19-6-7-24-27(11-19)32-9-8-31-24/h3-7,10-12,14,17,29H,8-9,13,15-16H2,1-2H3/t17-/m1/s1. The van der Waals surface area contributed by atoms with E-state index in [2.05, 4.69) is 6.07 Å². The lowest BCUT2D eigenvalue weighted by Crippen LogP contribution is -2.15. The molecule has 1 atom stereocenters. The van der Waals surface area contributed by atoms with Crippen LogP contribution in [-0.2, 0) is 6.61 Å². The van der Waals surface area contributed by atoms with Gasteiger partial charge in [0.05, 0.1) is 17.2 Å². The Labute approximate surface area is 204 Å². The van der Waals surface area contributed by atoms with Gasteiger partial charge in [0.25, 0.3) is 0 Å². The maximum Gasteiger partial charge on any atom is 0.161 e. The fraction of sp³-hybridized carbons (Fsp3) is 0.296. The second kappa shape index (κ2) is 10.8. The van der Waals surface area contributed by atoms with Crippen LogP contribution in [-0.4, -0.2) is 37.8 Å². The van der Waals surface area contributed by atoms with Gasteiger partial charge in [-0.05, 0) is 47.4 Å². The van der Waals surface area contributed by atoms with Crippen molar-refractivity contribution in [3.8, 4) is 34.1 Å². The first-order valence-electron chi connectivity index (χ1n) is 11.1. The van der Waals surface area contributed by atoms with Gasteiger partial charge < -0.3 is 24.1 Å². The molecule has 0 fully saturated rings. The Kier molecular flexibility index (Phi) is 7.60. The van der Waals surface area contributed by atoms with E-state index in [0.29, 0.717) is 41.6 Å². The molecule has 0 unspecified atom stereocenters. The zero-order valence-corrected chi connectivity index (χ0v) is 19.9. The summed E-state index contributed by atoms with van der Waals surface area (Å²) in [4.78, 5) is 11.4. The summed E-state index contributed by atoms with van der Waals surface area (Å²) in [7, 11) is 0. The van der Waals surface area contributed by atoms with Crippen LogP contribution in [0.4, 0.5) is 0 Å². The Bertz CT molecular complexity index is 1180. The van der Waals surface area contributed by atoms with Crippen molar-refractivity contribution in [1.82, 2.24) is 0 Å². The summed E-state index contributed by atoms with van der Waals surface area (Å²) in [5.74, 6) is 2.23. The molecule has 1 aliphatic heterocycles. The number of aldehydes is 1. The molecule has 1 aliphatic rings. The summed E-state index contributed by atoms with van der Waals surface area (Å²) >= 11 is 6.37. The van der Waals surface area contributed by atoms with E-state index >= 15 is 0 Å². The number of rotatable bonds is 9. The van der Waals surface area contributed by atoms with Gasteiger partial charge in [-0.15, -0.1) is 0 Å². The fourth-order valence-corrected chi connectivity index (χ4v) is 3.91. The van der Waals surface area contributed by atoms with E-state index < -0.39 is 0 Å². The molecule has 4 rings (SSSR count). The summed E-state index contributed by atoms with van der Waals surface area (Å²) in [6.45, 7) is 5.55. The molecule has 6 nitrogen and oxygen atoms in total. The number of carbonyl (C=O) groups excluding carboxylic acids is 1. The number of halogens is 1. The van der Waals surface area contributed by atoms with Crippen LogP contribution in [0.25, 0.3) is 11.1 Å². The summed E-state index contributed by atoms with van der Waals surface area (Å²) in [6.07, 6.45) is 0.690. The second-order valence-electron chi connectivity index (χ2n) is 8.27. The van der Waals surface area contributed by atoms with Gasteiger partial charge in [0.15, 0.2) is 17.8 Å². The van der Waals surface area contributed by atoms with E-state index in [0.717, 1.165) is 33.8 Å². The highest BCUT2D eigenvalue weighted by atomic mass is 35.5. The molecule has 3 aromatic carbocycles. The van der Waals surface area contributed by atoms with Crippen LogP contribution in [0.15, 0.2) is 48.5 Å². The van der Waals surface area contributed by atoms with Crippen molar-refractivity contribution in [2.75, 3.05) is 26.4 Å². The van der Waals surface area contributed by atoms with E-state index in [1.807, 2.05) is 44.2 Å². The zero-order chi connectivity index (χ0) is 24.1. The fourth-order valence-electron chi connectivity index (χ4n) is 3.68. The third-order valence-corrected chi connectivity index (χ3v) is 6.00. The van der Waals surface area contributed by atoms with Crippen LogP contribution in [0.2, 0.25) is 5.02 Å². The first kappa shape index (κ1) is 23.9. The molecule has 0 saturated heterocycles. The van der Waals surface area contributed by atoms with E-state index in [1.54, 1.807) is 6.07 Å². The van der Waals surface area contributed by atoms with Crippen molar-refractivity contribution in [2.24, 2.45) is 5.92 Å². The third kappa shape index (κ3) is 5.29. The van der Waals surface area contributed by atoms with Gasteiger partial charge >= 0.3 is 0 Å². The largest absolute Gasteiger partial charge is 0.492 e. The van der Waals surface area contributed by atoms with Crippen molar-refractivity contribution in [3.63, 3.8) is 0 Å². The predicted molar refractivity (Wildman–Crippen MR) is 131 cm³/mol. The first-order valence-corrected chi connectivity index (χ1v) is 11.5. The molecule has 0 radical (unpaired) electrons. The highest BCUT2D eigenvalue weighted by Crippen LogP contribution is 2.37. The van der Waals surface area contributed by atoms with Crippen LogP contribution in [0.3, 0.4) is 0 Å². The SMILES string of the molecule is Cc1c(COc2cc(OC[C@H](C)CO)c(C=O)cc2Cl)cccc1-c1ccc2c(c1)OCCO2. The van der Waals surface area contributed by atoms with E-state index in [-0.39, 0.29) is 25.7 Å². The Balaban J connectivity index is 1.54. The molecular formula is C27H27ClO6. The maximum atomic E-state index is 11.4. The third-order valence-electron chi connectivity index (χ3n) is 5.71. The van der Waals surface area contributed by atoms with E-state index in [1.165, 1.54) is 6.07 Å². The quantitative estimate of drug-likeness (QED) is 0.407. The number of hydrogen-bond donors (Lipinski definition) is 1. The topological polar surface area (TPSA) is 74.2 Å². The lowest BCUT2D eigenvalue weighted by atomic mass is 9.96. The number of ether oxygens (including phenoxy) is 4. The molecule has 1 N–H and O–H groups in total. The summed E-state index contributed by atoms with van der Waals surface area (Å²) < 4.78 is 23.1. The first-order chi connectivity index (χ1) is 16.5. The molecule has 0 amide bonds. The van der Waals surface area contributed by atoms with Crippen molar-refractivity contribution >= 4 is 17.9 Å². The van der Waals surface area contributed by atoms with Gasteiger partial charge in [0.2, 0.25) is 0 Å². The zero-order valence-electron chi connectivity index (χ0n) is 19.2. The number of carbonyl (C=O) groups is 1. The molecule has 34 heavy (non-hydrogen) atoms. The Morgan fingerprint density at radius 1 is 1.06 bits per heavy atom. The molecule has 0 saturated carbocycles. The average molecular weight is 483 g/mol. The molecule has 178 valence electrons. The Morgan fingerprint density at radius 2 is 1.85 bits per heavy atom. The minimum Gasteiger partial charge on any atom is -0.492 e. The number of benzene rings is 3. The smallest absolute Gasteiger partial charge is 0.161 e. The summed E-state index contributed by atoms with van der Waals surface area (Å²) in [6, 6.07) is 15.1. The highest BCUT2D eigenvalue weighted by Gasteiger charge is 2.16. The molecule has 0 aromatic heterocycles. The Hall–Kier alpha value is -3.22. The maximum absolute atomic E-state index is 11.4.